The van der Waals surface area contributed by atoms with Crippen molar-refractivity contribution < 1.29 is 19.6 Å². The van der Waals surface area contributed by atoms with Gasteiger partial charge in [-0.05, 0) is 16.5 Å². The minimum absolute atomic E-state index is 0.250. The summed E-state index contributed by atoms with van der Waals surface area (Å²) in [6.45, 7) is 33.5. The molecule has 3 nitrogen and oxygen atoms in total. The Kier molecular flexibility index (Phi) is 16.4. The quantitative estimate of drug-likeness (QED) is 0.225. The molecule has 0 saturated heterocycles. The fraction of sp³-hybridized carbons (Fsp3) is 0.500. The van der Waals surface area contributed by atoms with Gasteiger partial charge in [-0.3, -0.25) is 0 Å². The standard InChI is InChI=1S/C12H22N2Si2.C6H5N.2C5H11.W/c1-15(2,3)13-11-9-7-8-10-12(11)14-16(4,5)6;7-6-4-2-1-3-5-6;2*1-5(2,3)4;/h7-10H,1-6H3;1-5H;2*1H2,2-4H3;/q-2;;2*-1;. The average molecular weight is 668 g/mol. The van der Waals surface area contributed by atoms with Crippen LogP contribution in [0.25, 0.3) is 9.96 Å². The first-order chi connectivity index (χ1) is 15.1. The number of benzene rings is 2. The summed E-state index contributed by atoms with van der Waals surface area (Å²) >= 11 is 1.26. The van der Waals surface area contributed by atoms with Crippen molar-refractivity contribution in [3.8, 4) is 0 Å². The predicted molar refractivity (Wildman–Crippen MR) is 157 cm³/mol. The van der Waals surface area contributed by atoms with Crippen LogP contribution in [0.5, 0.6) is 0 Å². The maximum absolute atomic E-state index is 4.84. The first-order valence-corrected chi connectivity index (χ1v) is 20.0. The Morgan fingerprint density at radius 2 is 0.882 bits per heavy atom. The van der Waals surface area contributed by atoms with Gasteiger partial charge in [0.05, 0.1) is 0 Å². The second-order valence-corrected chi connectivity index (χ2v) is 22.4. The number of hydrogen-bond acceptors (Lipinski definition) is 1. The van der Waals surface area contributed by atoms with Gasteiger partial charge < -0.3 is 23.8 Å². The SMILES string of the molecule is C[Si](C)(C)[N-]c1ccccc1[N-][Si](C)(C)C.[CH2-]C(C)(C)C.[CH2-]C(C)(C)C.[W]=[N]c1ccccc1. The molecule has 0 amide bonds. The normalized spacial score (nSPS) is 11.4. The predicted octanol–water partition coefficient (Wildman–Crippen LogP) is 11.1. The summed E-state index contributed by atoms with van der Waals surface area (Å²) in [4.78, 5) is 9.69. The van der Waals surface area contributed by atoms with Crippen LogP contribution in [0.3, 0.4) is 0 Å². The van der Waals surface area contributed by atoms with E-state index in [1.807, 2.05) is 42.5 Å². The molecule has 0 unspecified atom stereocenters. The molecule has 0 fully saturated rings. The van der Waals surface area contributed by atoms with Gasteiger partial charge in [0.1, 0.15) is 0 Å². The first-order valence-electron chi connectivity index (χ1n) is 11.7. The van der Waals surface area contributed by atoms with E-state index in [1.54, 1.807) is 0 Å². The van der Waals surface area contributed by atoms with Crippen molar-refractivity contribution in [2.45, 2.75) is 80.8 Å². The zero-order valence-corrected chi connectivity index (χ0v) is 28.8. The summed E-state index contributed by atoms with van der Waals surface area (Å²) in [6.07, 6.45) is 0. The maximum atomic E-state index is 4.84. The van der Waals surface area contributed by atoms with Crippen LogP contribution in [0.4, 0.5) is 17.1 Å². The molecule has 0 bridgehead atoms. The number of hydrogen-bond donors (Lipinski definition) is 0. The summed E-state index contributed by atoms with van der Waals surface area (Å²) in [5, 5.41) is 0. The van der Waals surface area contributed by atoms with Crippen LogP contribution in [0, 0.1) is 24.7 Å². The van der Waals surface area contributed by atoms with E-state index >= 15 is 0 Å². The Morgan fingerprint density at radius 1 is 0.618 bits per heavy atom. The van der Waals surface area contributed by atoms with Crippen LogP contribution < -0.4 is 0 Å². The van der Waals surface area contributed by atoms with Gasteiger partial charge in [-0.2, -0.15) is 22.2 Å². The van der Waals surface area contributed by atoms with E-state index < -0.39 is 16.5 Å². The zero-order chi connectivity index (χ0) is 27.2. The van der Waals surface area contributed by atoms with Crippen molar-refractivity contribution in [3.05, 3.63) is 78.4 Å². The van der Waals surface area contributed by atoms with E-state index in [1.165, 1.54) is 19.6 Å². The summed E-state index contributed by atoms with van der Waals surface area (Å²) in [5.74, 6) is 0. The summed E-state index contributed by atoms with van der Waals surface area (Å²) < 4.78 is 4.05. The van der Waals surface area contributed by atoms with Crippen molar-refractivity contribution in [2.75, 3.05) is 0 Å². The molecular formula is C28H49N3Si2W-4. The minimum atomic E-state index is -1.42. The fourth-order valence-electron chi connectivity index (χ4n) is 1.86. The molecule has 0 aliphatic rings. The monoisotopic (exact) mass is 667 g/mol. The third kappa shape index (κ3) is 31.0. The van der Waals surface area contributed by atoms with Crippen LogP contribution in [0.1, 0.15) is 41.5 Å². The first kappa shape index (κ1) is 35.1. The van der Waals surface area contributed by atoms with Gasteiger partial charge in [0, 0.05) is 0 Å². The van der Waals surface area contributed by atoms with Crippen molar-refractivity contribution in [1.82, 2.24) is 0 Å². The van der Waals surface area contributed by atoms with Gasteiger partial charge in [-0.25, -0.2) is 0 Å². The molecule has 0 atom stereocenters. The van der Waals surface area contributed by atoms with Gasteiger partial charge in [-0.1, -0.05) is 105 Å². The molecule has 2 aromatic carbocycles. The van der Waals surface area contributed by atoms with Crippen LogP contribution in [-0.4, -0.2) is 16.5 Å². The topological polar surface area (TPSA) is 40.6 Å². The molecule has 0 radical (unpaired) electrons. The van der Waals surface area contributed by atoms with E-state index in [9.17, 15) is 0 Å². The Morgan fingerprint density at radius 3 is 1.09 bits per heavy atom. The second kappa shape index (κ2) is 15.9. The van der Waals surface area contributed by atoms with E-state index in [0.717, 1.165) is 17.1 Å². The summed E-state index contributed by atoms with van der Waals surface area (Å²) in [5.41, 5.74) is 3.72. The molecule has 6 heteroatoms. The summed E-state index contributed by atoms with van der Waals surface area (Å²) in [6, 6.07) is 18.2. The van der Waals surface area contributed by atoms with E-state index in [-0.39, 0.29) is 10.8 Å². The number of rotatable bonds is 5. The van der Waals surface area contributed by atoms with E-state index in [4.69, 9.17) is 9.96 Å². The van der Waals surface area contributed by atoms with Crippen molar-refractivity contribution in [1.29, 1.82) is 0 Å². The van der Waals surface area contributed by atoms with E-state index in [2.05, 4.69) is 110 Å². The third-order valence-corrected chi connectivity index (χ3v) is 5.24. The van der Waals surface area contributed by atoms with Gasteiger partial charge in [0.25, 0.3) is 0 Å². The molecule has 2 rings (SSSR count). The molecule has 0 aliphatic heterocycles. The Balaban J connectivity index is 0. The van der Waals surface area contributed by atoms with Crippen LogP contribution >= 0.6 is 0 Å². The second-order valence-electron chi connectivity index (χ2n) is 12.6. The molecule has 194 valence electrons. The van der Waals surface area contributed by atoms with Crippen LogP contribution in [0.2, 0.25) is 39.3 Å². The molecule has 2 aromatic rings. The average Bonchev–Trinajstić information content (AvgIpc) is 2.59. The molecule has 0 aliphatic carbocycles. The zero-order valence-electron chi connectivity index (χ0n) is 23.9. The number of nitrogens with zero attached hydrogens (tertiary/aromatic N) is 3. The van der Waals surface area contributed by atoms with Gasteiger partial charge in [0.15, 0.2) is 0 Å². The molecular weight excluding hydrogens is 618 g/mol. The molecule has 0 N–H and O–H groups in total. The molecule has 0 aromatic heterocycles. The Hall–Kier alpha value is -1.04. The Bertz CT molecular complexity index is 738. The molecule has 0 heterocycles. The van der Waals surface area contributed by atoms with Gasteiger partial charge in [-0.15, -0.1) is 0 Å². The van der Waals surface area contributed by atoms with Gasteiger partial charge in [0.2, 0.25) is 0 Å². The molecule has 34 heavy (non-hydrogen) atoms. The van der Waals surface area contributed by atoms with Crippen molar-refractivity contribution in [2.24, 2.45) is 14.3 Å². The van der Waals surface area contributed by atoms with Crippen molar-refractivity contribution in [3.63, 3.8) is 0 Å². The summed E-state index contributed by atoms with van der Waals surface area (Å²) in [7, 11) is -2.85. The Labute approximate surface area is 225 Å². The fourth-order valence-corrected chi connectivity index (χ4v) is 4.13. The third-order valence-electron chi connectivity index (χ3n) is 2.66. The van der Waals surface area contributed by atoms with Crippen molar-refractivity contribution >= 4 is 33.5 Å². The van der Waals surface area contributed by atoms with Gasteiger partial charge >= 0.3 is 59.1 Å². The van der Waals surface area contributed by atoms with E-state index in [0.29, 0.717) is 0 Å². The molecule has 0 saturated carbocycles. The molecule has 0 spiro atoms. The van der Waals surface area contributed by atoms with Crippen LogP contribution in [-0.2, 0) is 19.6 Å². The van der Waals surface area contributed by atoms with Crippen LogP contribution in [0.15, 0.2) is 58.1 Å².